The number of benzene rings is 3. The number of hydrogen-bond donors (Lipinski definition) is 9. The van der Waals surface area contributed by atoms with E-state index in [0.717, 1.165) is 83.7 Å². The first-order valence-electron chi connectivity index (χ1n) is 27.8. The van der Waals surface area contributed by atoms with Gasteiger partial charge >= 0.3 is 18.0 Å². The summed E-state index contributed by atoms with van der Waals surface area (Å²) in [5.74, 6) is -4.99. The molecular formula is C63H60Br2ClF3N12O7. The smallest absolute Gasteiger partial charge is 0.340 e. The summed E-state index contributed by atoms with van der Waals surface area (Å²) < 4.78 is 43.9. The van der Waals surface area contributed by atoms with Crippen molar-refractivity contribution < 1.29 is 47.0 Å². The molecule has 0 fully saturated rings. The minimum atomic E-state index is -1.47. The third kappa shape index (κ3) is 18.1. The van der Waals surface area contributed by atoms with Crippen LogP contribution in [0.1, 0.15) is 114 Å². The number of aromatic amines is 3. The van der Waals surface area contributed by atoms with E-state index in [1.165, 1.54) is 48.8 Å². The molecule has 456 valence electrons. The number of carbonyl (C=O) groups excluding carboxylic acids is 5. The number of fused-ring (bicyclic) bond motifs is 3. The first-order valence-corrected chi connectivity index (χ1v) is 29.7. The number of pyridine rings is 4. The van der Waals surface area contributed by atoms with Gasteiger partial charge in [-0.3, -0.25) is 19.4 Å². The average molecular weight is 1350 g/mol. The van der Waals surface area contributed by atoms with E-state index >= 15 is 0 Å². The molecule has 0 aliphatic rings. The van der Waals surface area contributed by atoms with Crippen molar-refractivity contribution in [3.05, 3.63) is 194 Å². The predicted octanol–water partition coefficient (Wildman–Crippen LogP) is 15.6. The van der Waals surface area contributed by atoms with E-state index in [1.807, 2.05) is 57.3 Å². The molecular weight excluding hydrogens is 1290 g/mol. The van der Waals surface area contributed by atoms with Crippen molar-refractivity contribution in [1.82, 2.24) is 45.5 Å². The van der Waals surface area contributed by atoms with Crippen molar-refractivity contribution in [2.45, 2.75) is 72.1 Å². The minimum Gasteiger partial charge on any atom is -0.478 e. The van der Waals surface area contributed by atoms with Crippen LogP contribution in [0.3, 0.4) is 0 Å². The molecule has 0 aliphatic carbocycles. The highest BCUT2D eigenvalue weighted by molar-refractivity contribution is 9.10. The molecule has 0 bridgehead atoms. The SMILES string of the molecule is Brc1cnc2[nH]ccc2c1.CCCCCC(=O)Nc1ccc(F)c(C(=O)O)c1Cl.CCCCNC(=O)Nc1ccc(F)c(C(=O)c2c[nH]c3ncc(-c4cccnc4)cc23)c1.CCCCNC(=O)Nc1ccc(F)c(C(=O)c2c[nH]c3ncc(Br)cc23)c1. The molecule has 0 unspecified atom stereocenters. The third-order valence-electron chi connectivity index (χ3n) is 13.0. The highest BCUT2D eigenvalue weighted by atomic mass is 79.9. The van der Waals surface area contributed by atoms with Crippen molar-refractivity contribution in [3.8, 4) is 11.1 Å². The molecule has 7 heterocycles. The maximum atomic E-state index is 14.6. The van der Waals surface area contributed by atoms with Crippen molar-refractivity contribution in [1.29, 1.82) is 0 Å². The second-order valence-corrected chi connectivity index (χ2v) is 21.7. The highest BCUT2D eigenvalue weighted by Crippen LogP contribution is 2.31. The van der Waals surface area contributed by atoms with Crippen molar-refractivity contribution in [3.63, 3.8) is 0 Å². The second-order valence-electron chi connectivity index (χ2n) is 19.5. The van der Waals surface area contributed by atoms with Gasteiger partial charge in [0.25, 0.3) is 0 Å². The largest absolute Gasteiger partial charge is 0.478 e. The van der Waals surface area contributed by atoms with E-state index in [0.29, 0.717) is 68.6 Å². The number of anilines is 3. The van der Waals surface area contributed by atoms with Crippen molar-refractivity contribution in [2.75, 3.05) is 29.0 Å². The first kappa shape index (κ1) is 66.3. The van der Waals surface area contributed by atoms with E-state index in [4.69, 9.17) is 16.7 Å². The number of urea groups is 2. The van der Waals surface area contributed by atoms with Crippen molar-refractivity contribution in [2.24, 2.45) is 0 Å². The van der Waals surface area contributed by atoms with Gasteiger partial charge in [-0.2, -0.15) is 0 Å². The fraction of sp³-hybridized carbons (Fsp3) is 0.206. The van der Waals surface area contributed by atoms with Gasteiger partial charge in [-0.05, 0) is 130 Å². The molecule has 10 rings (SSSR count). The predicted molar refractivity (Wildman–Crippen MR) is 342 cm³/mol. The summed E-state index contributed by atoms with van der Waals surface area (Å²) in [7, 11) is 0. The molecule has 0 radical (unpaired) electrons. The summed E-state index contributed by atoms with van der Waals surface area (Å²) in [5, 5.41) is 24.0. The number of halogens is 6. The van der Waals surface area contributed by atoms with Crippen LogP contribution >= 0.6 is 43.5 Å². The highest BCUT2D eigenvalue weighted by Gasteiger charge is 2.23. The third-order valence-corrected chi connectivity index (χ3v) is 14.3. The van der Waals surface area contributed by atoms with Gasteiger partial charge < -0.3 is 46.6 Å². The van der Waals surface area contributed by atoms with Gasteiger partial charge in [-0.15, -0.1) is 0 Å². The topological polar surface area (TPSA) is 282 Å². The molecule has 88 heavy (non-hydrogen) atoms. The summed E-state index contributed by atoms with van der Waals surface area (Å²) in [6.45, 7) is 7.16. The Balaban J connectivity index is 0.000000178. The quantitative estimate of drug-likeness (QED) is 0.0271. The van der Waals surface area contributed by atoms with Gasteiger partial charge in [0.05, 0.1) is 21.8 Å². The zero-order valence-electron chi connectivity index (χ0n) is 47.7. The van der Waals surface area contributed by atoms with E-state index in [1.54, 1.807) is 37.1 Å². The molecule has 25 heteroatoms. The van der Waals surface area contributed by atoms with E-state index in [9.17, 15) is 41.9 Å². The molecule has 0 atom stereocenters. The zero-order chi connectivity index (χ0) is 63.3. The molecule has 7 aromatic heterocycles. The number of unbranched alkanes of at least 4 members (excludes halogenated alkanes) is 4. The van der Waals surface area contributed by atoms with Crippen LogP contribution in [0.5, 0.6) is 0 Å². The summed E-state index contributed by atoms with van der Waals surface area (Å²) in [6.07, 6.45) is 20.0. The van der Waals surface area contributed by atoms with Crippen LogP contribution in [0.2, 0.25) is 5.02 Å². The number of nitrogens with one attached hydrogen (secondary N) is 8. The lowest BCUT2D eigenvalue weighted by Gasteiger charge is -2.09. The molecule has 19 nitrogen and oxygen atoms in total. The fourth-order valence-corrected chi connectivity index (χ4v) is 9.47. The van der Waals surface area contributed by atoms with Crippen LogP contribution in [-0.2, 0) is 4.79 Å². The standard InChI is InChI=1S/C24H22FN5O2.C19H18BrFN4O2.C13H15ClFNO3.C7H5BrN2/c1-2-3-9-27-24(32)30-17-6-7-21(25)19(11-17)22(31)20-14-29-23-18(20)10-16(13-28-23)15-5-4-8-26-12-15;1-2-3-6-22-19(27)25-12-4-5-16(21)14(8-12)17(26)15-10-24-18-13(15)7-11(20)9-23-18;1-2-3-4-5-10(17)16-9-7-6-8(15)11(12(9)14)13(18)19;8-6-3-5-1-2-9-7(5)10-4-6/h4-8,10-14H,2-3,9H2,1H3,(H,28,29)(H2,27,30,32);4-5,7-10H,2-3,6H2,1H3,(H,23,24)(H2,22,25,27);6-7H,2-5H2,1H3,(H,16,17)(H,18,19);1-4H,(H,9,10). The summed E-state index contributed by atoms with van der Waals surface area (Å²) in [6, 6.07) is 20.6. The number of aromatic nitrogens is 7. The molecule has 0 saturated carbocycles. The number of aromatic carboxylic acids is 1. The van der Waals surface area contributed by atoms with Gasteiger partial charge in [0.1, 0.15) is 40.0 Å². The van der Waals surface area contributed by atoms with Gasteiger partial charge in [0.15, 0.2) is 11.6 Å². The number of carbonyl (C=O) groups is 6. The number of H-pyrrole nitrogens is 3. The Kier molecular flexibility index (Phi) is 24.5. The molecule has 5 amide bonds. The Hall–Kier alpha value is -9.26. The van der Waals surface area contributed by atoms with Crippen LogP contribution in [0.25, 0.3) is 44.2 Å². The number of nitrogens with zero attached hydrogens (tertiary/aromatic N) is 4. The van der Waals surface area contributed by atoms with E-state index < -0.39 is 52.6 Å². The first-order chi connectivity index (χ1) is 42.4. The Morgan fingerprint density at radius 1 is 0.568 bits per heavy atom. The van der Waals surface area contributed by atoms with Gasteiger partial charge in [-0.1, -0.05) is 64.1 Å². The lowest BCUT2D eigenvalue weighted by molar-refractivity contribution is -0.116. The van der Waals surface area contributed by atoms with E-state index in [-0.39, 0.29) is 27.7 Å². The normalized spacial score (nSPS) is 10.6. The van der Waals surface area contributed by atoms with Crippen LogP contribution in [0.15, 0.2) is 143 Å². The van der Waals surface area contributed by atoms with Gasteiger partial charge in [-0.25, -0.2) is 42.5 Å². The van der Waals surface area contributed by atoms with Crippen LogP contribution in [0, 0.1) is 17.5 Å². The summed E-state index contributed by atoms with van der Waals surface area (Å²) in [5.41, 5.74) is 4.13. The summed E-state index contributed by atoms with van der Waals surface area (Å²) in [4.78, 5) is 98.1. The number of amides is 5. The molecule has 0 saturated heterocycles. The number of carboxylic acids is 1. The van der Waals surface area contributed by atoms with Crippen molar-refractivity contribution >= 4 is 129 Å². The molecule has 0 spiro atoms. The molecule has 0 aliphatic heterocycles. The maximum absolute atomic E-state index is 14.6. The minimum absolute atomic E-state index is 0.113. The second kappa shape index (κ2) is 32.5. The number of carboxylic acid groups (broad SMARTS) is 1. The number of hydrogen-bond acceptors (Lipinski definition) is 10. The number of ketones is 2. The molecule has 10 aromatic rings. The van der Waals surface area contributed by atoms with Crippen LogP contribution < -0.4 is 26.6 Å². The van der Waals surface area contributed by atoms with Gasteiger partial charge in [0, 0.05) is 128 Å². The van der Waals surface area contributed by atoms with Gasteiger partial charge in [0.2, 0.25) is 5.91 Å². The van der Waals surface area contributed by atoms with E-state index in [2.05, 4.69) is 93.3 Å². The fourth-order valence-electron chi connectivity index (χ4n) is 8.51. The molecule has 3 aromatic carbocycles. The number of rotatable bonds is 19. The lowest BCUT2D eigenvalue weighted by Crippen LogP contribution is -2.29. The Labute approximate surface area is 524 Å². The lowest BCUT2D eigenvalue weighted by atomic mass is 10.0. The monoisotopic (exact) mass is 1350 g/mol. The van der Waals surface area contributed by atoms with Crippen LogP contribution in [0.4, 0.5) is 39.8 Å². The van der Waals surface area contributed by atoms with Crippen LogP contribution in [-0.4, -0.2) is 88.6 Å². The average Bonchev–Trinajstić information content (AvgIpc) is 4.38. The maximum Gasteiger partial charge on any atom is 0.340 e. The Morgan fingerprint density at radius 2 is 1.11 bits per heavy atom. The Morgan fingerprint density at radius 3 is 1.67 bits per heavy atom. The Bertz CT molecular complexity index is 4110. The summed E-state index contributed by atoms with van der Waals surface area (Å²) >= 11 is 12.4. The molecule has 9 N–H and O–H groups in total. The zero-order valence-corrected chi connectivity index (χ0v) is 51.7.